The molecule has 1 saturated heterocycles. The monoisotopic (exact) mass is 387 g/mol. The van der Waals surface area contributed by atoms with Crippen molar-refractivity contribution in [1.29, 1.82) is 0 Å². The van der Waals surface area contributed by atoms with Crippen LogP contribution in [0.1, 0.15) is 28.5 Å². The standard InChI is InChI=1S/C16H15F2N3O4.ClH/c17-11-2-1-9(7-12(11)18)10-5-6-19-8-13(10)20-16(22)14-3-4-15(25-14)21(23)24;/h1-4,7,10,13,19H,5-6,8H2,(H,20,22);1H. The number of nitrogens with one attached hydrogen (secondary N) is 2. The van der Waals surface area contributed by atoms with Crippen molar-refractivity contribution in [2.45, 2.75) is 18.4 Å². The lowest BCUT2D eigenvalue weighted by Gasteiger charge is -2.33. The fourth-order valence-corrected chi connectivity index (χ4v) is 2.94. The van der Waals surface area contributed by atoms with E-state index in [-0.39, 0.29) is 24.1 Å². The molecule has 1 aromatic carbocycles. The lowest BCUT2D eigenvalue weighted by Crippen LogP contribution is -2.50. The highest BCUT2D eigenvalue weighted by Gasteiger charge is 2.29. The maximum atomic E-state index is 13.5. The molecular weight excluding hydrogens is 372 g/mol. The second-order valence-corrected chi connectivity index (χ2v) is 5.75. The smallest absolute Gasteiger partial charge is 0.395 e. The van der Waals surface area contributed by atoms with Gasteiger partial charge in [0.15, 0.2) is 17.4 Å². The van der Waals surface area contributed by atoms with E-state index < -0.39 is 34.4 Å². The van der Waals surface area contributed by atoms with Gasteiger partial charge in [-0.25, -0.2) is 8.78 Å². The van der Waals surface area contributed by atoms with Crippen molar-refractivity contribution < 1.29 is 22.9 Å². The van der Waals surface area contributed by atoms with Gasteiger partial charge in [-0.1, -0.05) is 6.07 Å². The lowest BCUT2D eigenvalue weighted by atomic mass is 9.86. The number of nitrogens with zero attached hydrogens (tertiary/aromatic N) is 1. The van der Waals surface area contributed by atoms with E-state index in [4.69, 9.17) is 4.42 Å². The number of hydrogen-bond donors (Lipinski definition) is 2. The van der Waals surface area contributed by atoms with Crippen LogP contribution in [0.5, 0.6) is 0 Å². The van der Waals surface area contributed by atoms with E-state index in [1.807, 2.05) is 0 Å². The number of piperidine rings is 1. The molecule has 1 amide bonds. The van der Waals surface area contributed by atoms with Gasteiger partial charge in [0.05, 0.1) is 6.07 Å². The molecule has 0 aliphatic carbocycles. The van der Waals surface area contributed by atoms with Gasteiger partial charge in [-0.3, -0.25) is 14.9 Å². The Morgan fingerprint density at radius 1 is 1.27 bits per heavy atom. The van der Waals surface area contributed by atoms with Crippen molar-refractivity contribution in [3.8, 4) is 0 Å². The topological polar surface area (TPSA) is 97.4 Å². The Morgan fingerprint density at radius 2 is 2.04 bits per heavy atom. The number of carbonyl (C=O) groups is 1. The van der Waals surface area contributed by atoms with E-state index in [9.17, 15) is 23.7 Å². The Hall–Kier alpha value is -2.52. The maximum absolute atomic E-state index is 13.5. The van der Waals surface area contributed by atoms with Crippen molar-refractivity contribution in [2.24, 2.45) is 0 Å². The second kappa shape index (κ2) is 8.24. The molecule has 2 aromatic rings. The van der Waals surface area contributed by atoms with Crippen molar-refractivity contribution in [1.82, 2.24) is 10.6 Å². The summed E-state index contributed by atoms with van der Waals surface area (Å²) >= 11 is 0. The highest BCUT2D eigenvalue weighted by Crippen LogP contribution is 2.27. The van der Waals surface area contributed by atoms with Crippen LogP contribution >= 0.6 is 12.4 Å². The minimum Gasteiger partial charge on any atom is -0.395 e. The van der Waals surface area contributed by atoms with Crippen molar-refractivity contribution in [3.63, 3.8) is 0 Å². The van der Waals surface area contributed by atoms with Gasteiger partial charge in [0.1, 0.15) is 4.92 Å². The summed E-state index contributed by atoms with van der Waals surface area (Å²) in [4.78, 5) is 22.2. The van der Waals surface area contributed by atoms with E-state index >= 15 is 0 Å². The first-order valence-electron chi connectivity index (χ1n) is 7.66. The number of nitro groups is 1. The summed E-state index contributed by atoms with van der Waals surface area (Å²) < 4.78 is 31.5. The highest BCUT2D eigenvalue weighted by molar-refractivity contribution is 5.92. The van der Waals surface area contributed by atoms with Crippen LogP contribution < -0.4 is 10.6 Å². The summed E-state index contributed by atoms with van der Waals surface area (Å²) in [6, 6.07) is 5.60. The number of benzene rings is 1. The third kappa shape index (κ3) is 4.17. The highest BCUT2D eigenvalue weighted by atomic mass is 35.5. The minimum atomic E-state index is -0.942. The van der Waals surface area contributed by atoms with Gasteiger partial charge < -0.3 is 15.1 Å². The van der Waals surface area contributed by atoms with Gasteiger partial charge in [0, 0.05) is 18.5 Å². The molecule has 1 aliphatic rings. The first-order chi connectivity index (χ1) is 12.0. The maximum Gasteiger partial charge on any atom is 0.433 e. The zero-order valence-corrected chi connectivity index (χ0v) is 14.2. The van der Waals surface area contributed by atoms with Crippen LogP contribution in [0.3, 0.4) is 0 Å². The van der Waals surface area contributed by atoms with Crippen LogP contribution in [-0.2, 0) is 0 Å². The summed E-state index contributed by atoms with van der Waals surface area (Å²) in [6.07, 6.45) is 0.619. The van der Waals surface area contributed by atoms with Crippen molar-refractivity contribution >= 4 is 24.2 Å². The fraction of sp³-hybridized carbons (Fsp3) is 0.312. The molecule has 1 aliphatic heterocycles. The van der Waals surface area contributed by atoms with Crippen LogP contribution in [-0.4, -0.2) is 30.0 Å². The fourth-order valence-electron chi connectivity index (χ4n) is 2.94. The van der Waals surface area contributed by atoms with Gasteiger partial charge in [0.2, 0.25) is 0 Å². The van der Waals surface area contributed by atoms with Gasteiger partial charge in [-0.15, -0.1) is 12.4 Å². The molecule has 0 bridgehead atoms. The summed E-state index contributed by atoms with van der Waals surface area (Å²) in [5.41, 5.74) is 0.580. The summed E-state index contributed by atoms with van der Waals surface area (Å²) in [7, 11) is 0. The first kappa shape index (κ1) is 19.8. The van der Waals surface area contributed by atoms with Gasteiger partial charge >= 0.3 is 5.88 Å². The molecule has 3 rings (SSSR count). The molecule has 1 fully saturated rings. The number of halogens is 3. The van der Waals surface area contributed by atoms with E-state index in [0.29, 0.717) is 25.1 Å². The van der Waals surface area contributed by atoms with Crippen LogP contribution in [0, 0.1) is 21.7 Å². The van der Waals surface area contributed by atoms with Crippen molar-refractivity contribution in [3.05, 3.63) is 63.4 Å². The van der Waals surface area contributed by atoms with Crippen LogP contribution in [0.15, 0.2) is 34.7 Å². The van der Waals surface area contributed by atoms with Gasteiger partial charge in [-0.2, -0.15) is 0 Å². The number of rotatable bonds is 4. The average Bonchev–Trinajstić information content (AvgIpc) is 3.08. The number of amides is 1. The molecule has 2 heterocycles. The van der Waals surface area contributed by atoms with Gasteiger partial charge in [0.25, 0.3) is 5.91 Å². The van der Waals surface area contributed by atoms with E-state index in [0.717, 1.165) is 18.2 Å². The van der Waals surface area contributed by atoms with Crippen LogP contribution in [0.25, 0.3) is 0 Å². The Bertz CT molecular complexity index is 815. The zero-order chi connectivity index (χ0) is 18.0. The molecule has 2 N–H and O–H groups in total. The van der Waals surface area contributed by atoms with E-state index in [1.165, 1.54) is 12.1 Å². The molecule has 2 atom stereocenters. The molecule has 7 nitrogen and oxygen atoms in total. The van der Waals surface area contributed by atoms with E-state index in [2.05, 4.69) is 10.6 Å². The van der Waals surface area contributed by atoms with Crippen molar-refractivity contribution in [2.75, 3.05) is 13.1 Å². The molecule has 2 unspecified atom stereocenters. The summed E-state index contributed by atoms with van der Waals surface area (Å²) in [6.45, 7) is 1.10. The largest absolute Gasteiger partial charge is 0.433 e. The van der Waals surface area contributed by atoms with Gasteiger partial charge in [-0.05, 0) is 36.7 Å². The van der Waals surface area contributed by atoms with E-state index in [1.54, 1.807) is 0 Å². The predicted octanol–water partition coefficient (Wildman–Crippen LogP) is 2.76. The number of furan rings is 1. The lowest BCUT2D eigenvalue weighted by molar-refractivity contribution is -0.402. The SMILES string of the molecule is Cl.O=C(NC1CNCCC1c1ccc(F)c(F)c1)c1ccc([N+](=O)[O-])o1. The number of hydrogen-bond acceptors (Lipinski definition) is 5. The quantitative estimate of drug-likeness (QED) is 0.621. The predicted molar refractivity (Wildman–Crippen MR) is 90.5 cm³/mol. The third-order valence-electron chi connectivity index (χ3n) is 4.17. The Kier molecular flexibility index (Phi) is 6.27. The Labute approximate surface area is 153 Å². The molecular formula is C16H16ClF2N3O4. The zero-order valence-electron chi connectivity index (χ0n) is 13.4. The average molecular weight is 388 g/mol. The Morgan fingerprint density at radius 3 is 2.69 bits per heavy atom. The molecule has 0 radical (unpaired) electrons. The molecule has 10 heteroatoms. The third-order valence-corrected chi connectivity index (χ3v) is 4.17. The summed E-state index contributed by atoms with van der Waals surface area (Å²) in [5.74, 6) is -3.39. The Balaban J connectivity index is 0.00000243. The van der Waals surface area contributed by atoms with Crippen LogP contribution in [0.2, 0.25) is 0 Å². The normalized spacial score (nSPS) is 19.5. The second-order valence-electron chi connectivity index (χ2n) is 5.75. The summed E-state index contributed by atoms with van der Waals surface area (Å²) in [5, 5.41) is 16.5. The molecule has 0 spiro atoms. The molecule has 140 valence electrons. The number of carbonyl (C=O) groups excluding carboxylic acids is 1. The molecule has 1 aromatic heterocycles. The van der Waals surface area contributed by atoms with Crippen LogP contribution in [0.4, 0.5) is 14.7 Å². The molecule has 26 heavy (non-hydrogen) atoms. The molecule has 0 saturated carbocycles. The minimum absolute atomic E-state index is 0. The first-order valence-corrected chi connectivity index (χ1v) is 7.66.